The predicted octanol–water partition coefficient (Wildman–Crippen LogP) is 7.25. The number of aliphatic hydroxyl groups is 1. The van der Waals surface area contributed by atoms with Crippen LogP contribution in [-0.4, -0.2) is 5.11 Å². The average Bonchev–Trinajstić information content (AvgIpc) is 2.80. The standard InChI is InChI=1S/C28H38O2/c1-2-6-22-9-11-24(12-10-22)25-17-19-28(29,20-18-25)26-13-15-27(16-14-26)30-21-23-7-4-3-5-8-23/h3-5,7-8,13-16,22,24-25,29H,2,6,9-12,17-21H2,1H3. The van der Waals surface area contributed by atoms with Gasteiger partial charge in [-0.3, -0.25) is 0 Å². The molecule has 1 N–H and O–H groups in total. The van der Waals surface area contributed by atoms with Gasteiger partial charge in [-0.05, 0) is 79.5 Å². The number of benzene rings is 2. The van der Waals surface area contributed by atoms with Crippen LogP contribution in [-0.2, 0) is 12.2 Å². The maximum atomic E-state index is 11.3. The molecule has 0 amide bonds. The first-order chi connectivity index (χ1) is 14.7. The van der Waals surface area contributed by atoms with Gasteiger partial charge in [0.1, 0.15) is 12.4 Å². The molecule has 162 valence electrons. The van der Waals surface area contributed by atoms with Gasteiger partial charge in [-0.15, -0.1) is 0 Å². The van der Waals surface area contributed by atoms with Crippen molar-refractivity contribution in [2.45, 2.75) is 83.3 Å². The summed E-state index contributed by atoms with van der Waals surface area (Å²) in [6.45, 7) is 2.89. The molecule has 2 fully saturated rings. The first kappa shape index (κ1) is 21.4. The van der Waals surface area contributed by atoms with Crippen molar-refractivity contribution in [3.05, 3.63) is 65.7 Å². The second kappa shape index (κ2) is 10.0. The van der Waals surface area contributed by atoms with Gasteiger partial charge in [-0.1, -0.05) is 75.1 Å². The molecule has 2 aliphatic carbocycles. The molecule has 0 saturated heterocycles. The van der Waals surface area contributed by atoms with Crippen molar-refractivity contribution < 1.29 is 9.84 Å². The molecular formula is C28H38O2. The van der Waals surface area contributed by atoms with Crippen LogP contribution in [0.4, 0.5) is 0 Å². The van der Waals surface area contributed by atoms with Crippen LogP contribution >= 0.6 is 0 Å². The Balaban J connectivity index is 1.27. The van der Waals surface area contributed by atoms with Crippen LogP contribution in [0, 0.1) is 17.8 Å². The Labute approximate surface area is 182 Å². The van der Waals surface area contributed by atoms with Gasteiger partial charge in [-0.25, -0.2) is 0 Å². The summed E-state index contributed by atoms with van der Waals surface area (Å²) in [7, 11) is 0. The van der Waals surface area contributed by atoms with Crippen molar-refractivity contribution in [3.63, 3.8) is 0 Å². The Morgan fingerprint density at radius 3 is 2.10 bits per heavy atom. The maximum absolute atomic E-state index is 11.3. The van der Waals surface area contributed by atoms with Gasteiger partial charge in [0.15, 0.2) is 0 Å². The third-order valence-electron chi connectivity index (χ3n) is 7.75. The van der Waals surface area contributed by atoms with E-state index in [9.17, 15) is 5.11 Å². The summed E-state index contributed by atoms with van der Waals surface area (Å²) in [6.07, 6.45) is 12.6. The summed E-state index contributed by atoms with van der Waals surface area (Å²) in [5.74, 6) is 3.57. The molecule has 2 aromatic carbocycles. The zero-order chi connectivity index (χ0) is 20.8. The van der Waals surface area contributed by atoms with Gasteiger partial charge in [0.05, 0.1) is 5.60 Å². The van der Waals surface area contributed by atoms with Gasteiger partial charge in [-0.2, -0.15) is 0 Å². The fraction of sp³-hybridized carbons (Fsp3) is 0.571. The van der Waals surface area contributed by atoms with E-state index < -0.39 is 5.60 Å². The second-order valence-electron chi connectivity index (χ2n) is 9.74. The van der Waals surface area contributed by atoms with E-state index in [1.165, 1.54) is 56.9 Å². The molecule has 0 bridgehead atoms. The fourth-order valence-electron chi connectivity index (χ4n) is 5.84. The van der Waals surface area contributed by atoms with E-state index in [4.69, 9.17) is 4.74 Å². The highest BCUT2D eigenvalue weighted by Gasteiger charge is 2.38. The second-order valence-corrected chi connectivity index (χ2v) is 9.74. The van der Waals surface area contributed by atoms with E-state index in [0.717, 1.165) is 41.9 Å². The van der Waals surface area contributed by atoms with Crippen molar-refractivity contribution >= 4 is 0 Å². The molecule has 2 aromatic rings. The van der Waals surface area contributed by atoms with E-state index in [0.29, 0.717) is 6.61 Å². The lowest BCUT2D eigenvalue weighted by atomic mass is 9.66. The van der Waals surface area contributed by atoms with Gasteiger partial charge in [0, 0.05) is 0 Å². The van der Waals surface area contributed by atoms with Crippen molar-refractivity contribution in [2.75, 3.05) is 0 Å². The SMILES string of the molecule is CCCC1CCC(C2CCC(O)(c3ccc(OCc4ccccc4)cc3)CC2)CC1. The van der Waals surface area contributed by atoms with Crippen molar-refractivity contribution in [3.8, 4) is 5.75 Å². The normalized spacial score (nSPS) is 29.5. The van der Waals surface area contributed by atoms with Crippen molar-refractivity contribution in [1.29, 1.82) is 0 Å². The van der Waals surface area contributed by atoms with E-state index in [1.807, 2.05) is 30.3 Å². The molecule has 0 spiro atoms. The maximum Gasteiger partial charge on any atom is 0.119 e. The Morgan fingerprint density at radius 2 is 1.47 bits per heavy atom. The van der Waals surface area contributed by atoms with Gasteiger partial charge >= 0.3 is 0 Å². The minimum atomic E-state index is -0.659. The lowest BCUT2D eigenvalue weighted by Gasteiger charge is -2.41. The van der Waals surface area contributed by atoms with E-state index >= 15 is 0 Å². The van der Waals surface area contributed by atoms with Crippen LogP contribution in [0.1, 0.15) is 82.3 Å². The van der Waals surface area contributed by atoms with Crippen LogP contribution in [0.15, 0.2) is 54.6 Å². The molecule has 0 heterocycles. The zero-order valence-electron chi connectivity index (χ0n) is 18.6. The topological polar surface area (TPSA) is 29.5 Å². The Kier molecular flexibility index (Phi) is 7.15. The van der Waals surface area contributed by atoms with Crippen molar-refractivity contribution in [2.24, 2.45) is 17.8 Å². The smallest absolute Gasteiger partial charge is 0.119 e. The Morgan fingerprint density at radius 1 is 0.833 bits per heavy atom. The van der Waals surface area contributed by atoms with Gasteiger partial charge in [0.25, 0.3) is 0 Å². The first-order valence-electron chi connectivity index (χ1n) is 12.2. The monoisotopic (exact) mass is 406 g/mol. The lowest BCUT2D eigenvalue weighted by Crippen LogP contribution is -2.34. The third-order valence-corrected chi connectivity index (χ3v) is 7.75. The molecular weight excluding hydrogens is 368 g/mol. The minimum Gasteiger partial charge on any atom is -0.489 e. The third kappa shape index (κ3) is 5.27. The van der Waals surface area contributed by atoms with Gasteiger partial charge < -0.3 is 9.84 Å². The lowest BCUT2D eigenvalue weighted by molar-refractivity contribution is -0.0260. The molecule has 2 nitrogen and oxygen atoms in total. The number of hydrogen-bond acceptors (Lipinski definition) is 2. The predicted molar refractivity (Wildman–Crippen MR) is 123 cm³/mol. The summed E-state index contributed by atoms with van der Waals surface area (Å²) < 4.78 is 5.91. The minimum absolute atomic E-state index is 0.576. The average molecular weight is 407 g/mol. The van der Waals surface area contributed by atoms with Crippen molar-refractivity contribution in [1.82, 2.24) is 0 Å². The number of hydrogen-bond donors (Lipinski definition) is 1. The molecule has 2 aliphatic rings. The van der Waals surface area contributed by atoms with Crippen LogP contribution in [0.5, 0.6) is 5.75 Å². The van der Waals surface area contributed by atoms with E-state index in [-0.39, 0.29) is 0 Å². The molecule has 4 rings (SSSR count). The molecule has 0 unspecified atom stereocenters. The summed E-state index contributed by atoms with van der Waals surface area (Å²) in [6, 6.07) is 18.4. The molecule has 2 heteroatoms. The highest BCUT2D eigenvalue weighted by atomic mass is 16.5. The molecule has 30 heavy (non-hydrogen) atoms. The first-order valence-corrected chi connectivity index (χ1v) is 12.2. The van der Waals surface area contributed by atoms with E-state index in [1.54, 1.807) is 0 Å². The summed E-state index contributed by atoms with van der Waals surface area (Å²) in [5, 5.41) is 11.3. The molecule has 0 atom stereocenters. The highest BCUT2D eigenvalue weighted by Crippen LogP contribution is 2.46. The molecule has 0 aliphatic heterocycles. The Hall–Kier alpha value is -1.80. The highest BCUT2D eigenvalue weighted by molar-refractivity contribution is 5.31. The molecule has 0 aromatic heterocycles. The summed E-state index contributed by atoms with van der Waals surface area (Å²) >= 11 is 0. The van der Waals surface area contributed by atoms with Crippen LogP contribution in [0.25, 0.3) is 0 Å². The molecule has 2 saturated carbocycles. The van der Waals surface area contributed by atoms with Crippen LogP contribution < -0.4 is 4.74 Å². The largest absolute Gasteiger partial charge is 0.489 e. The summed E-state index contributed by atoms with van der Waals surface area (Å²) in [4.78, 5) is 0. The Bertz CT molecular complexity index is 751. The van der Waals surface area contributed by atoms with Crippen LogP contribution in [0.2, 0.25) is 0 Å². The summed E-state index contributed by atoms with van der Waals surface area (Å²) in [5.41, 5.74) is 1.57. The van der Waals surface area contributed by atoms with Gasteiger partial charge in [0.2, 0.25) is 0 Å². The number of rotatable bonds is 7. The molecule has 0 radical (unpaired) electrons. The fourth-order valence-corrected chi connectivity index (χ4v) is 5.84. The van der Waals surface area contributed by atoms with E-state index in [2.05, 4.69) is 31.2 Å². The zero-order valence-corrected chi connectivity index (χ0v) is 18.6. The van der Waals surface area contributed by atoms with Crippen LogP contribution in [0.3, 0.4) is 0 Å². The number of ether oxygens (including phenoxy) is 1. The quantitative estimate of drug-likeness (QED) is 0.525.